The summed E-state index contributed by atoms with van der Waals surface area (Å²) in [6.45, 7) is 0.942. The Morgan fingerprint density at radius 2 is 1.79 bits per heavy atom. The number of aliphatic hydroxyl groups excluding tert-OH is 1. The van der Waals surface area contributed by atoms with Gasteiger partial charge >= 0.3 is 0 Å². The lowest BCUT2D eigenvalue weighted by atomic mass is 9.95. The molecule has 2 rings (SSSR count). The largest absolute Gasteiger partial charge is 0.393 e. The van der Waals surface area contributed by atoms with E-state index in [4.69, 9.17) is 4.74 Å². The molecule has 2 saturated carbocycles. The van der Waals surface area contributed by atoms with Crippen LogP contribution in [0.3, 0.4) is 0 Å². The molecule has 14 heavy (non-hydrogen) atoms. The first-order valence-electron chi connectivity index (χ1n) is 6.14. The molecule has 0 bridgehead atoms. The van der Waals surface area contributed by atoms with Crippen LogP contribution < -0.4 is 0 Å². The number of rotatable bonds is 3. The van der Waals surface area contributed by atoms with Crippen LogP contribution in [-0.2, 0) is 4.74 Å². The highest BCUT2D eigenvalue weighted by Gasteiger charge is 2.22. The third-order valence-corrected chi connectivity index (χ3v) is 3.64. The lowest BCUT2D eigenvalue weighted by molar-refractivity contribution is -0.0269. The Kier molecular flexibility index (Phi) is 3.82. The predicted octanol–water partition coefficient (Wildman–Crippen LogP) is 2.50. The molecule has 2 aliphatic rings. The van der Waals surface area contributed by atoms with Crippen molar-refractivity contribution in [1.82, 2.24) is 0 Å². The SMILES string of the molecule is OC1CCCC(OCC2CCCC2)C1. The molecule has 1 N–H and O–H groups in total. The molecule has 0 radical (unpaired) electrons. The van der Waals surface area contributed by atoms with Crippen molar-refractivity contribution in [2.24, 2.45) is 5.92 Å². The predicted molar refractivity (Wildman–Crippen MR) is 56.2 cm³/mol. The molecule has 2 atom stereocenters. The van der Waals surface area contributed by atoms with E-state index in [-0.39, 0.29) is 6.10 Å². The molecule has 0 aromatic heterocycles. The topological polar surface area (TPSA) is 29.5 Å². The summed E-state index contributed by atoms with van der Waals surface area (Å²) in [6.07, 6.45) is 9.88. The monoisotopic (exact) mass is 198 g/mol. The van der Waals surface area contributed by atoms with Crippen molar-refractivity contribution in [1.29, 1.82) is 0 Å². The zero-order valence-electron chi connectivity index (χ0n) is 8.95. The van der Waals surface area contributed by atoms with Gasteiger partial charge in [-0.05, 0) is 44.4 Å². The third-order valence-electron chi connectivity index (χ3n) is 3.64. The van der Waals surface area contributed by atoms with Crippen LogP contribution in [0.1, 0.15) is 51.4 Å². The molecule has 0 amide bonds. The van der Waals surface area contributed by atoms with Crippen molar-refractivity contribution in [2.45, 2.75) is 63.6 Å². The Morgan fingerprint density at radius 1 is 1.00 bits per heavy atom. The molecule has 0 spiro atoms. The van der Waals surface area contributed by atoms with Gasteiger partial charge in [0.15, 0.2) is 0 Å². The molecule has 0 aromatic rings. The standard InChI is InChI=1S/C12H22O2/c13-11-6-3-7-12(8-11)14-9-10-4-1-2-5-10/h10-13H,1-9H2. The maximum atomic E-state index is 9.49. The van der Waals surface area contributed by atoms with E-state index < -0.39 is 0 Å². The highest BCUT2D eigenvalue weighted by molar-refractivity contribution is 4.73. The zero-order chi connectivity index (χ0) is 9.80. The van der Waals surface area contributed by atoms with Crippen LogP contribution in [0.2, 0.25) is 0 Å². The van der Waals surface area contributed by atoms with Gasteiger partial charge in [0, 0.05) is 6.61 Å². The van der Waals surface area contributed by atoms with E-state index in [0.29, 0.717) is 6.10 Å². The summed E-state index contributed by atoms with van der Waals surface area (Å²) in [5, 5.41) is 9.49. The second-order valence-electron chi connectivity index (χ2n) is 4.93. The summed E-state index contributed by atoms with van der Waals surface area (Å²) >= 11 is 0. The number of aliphatic hydroxyl groups is 1. The molecule has 0 aromatic carbocycles. The first kappa shape index (κ1) is 10.4. The molecule has 0 aliphatic heterocycles. The highest BCUT2D eigenvalue weighted by Crippen LogP contribution is 2.27. The molecule has 0 saturated heterocycles. The van der Waals surface area contributed by atoms with Gasteiger partial charge in [-0.25, -0.2) is 0 Å². The normalized spacial score (nSPS) is 34.9. The van der Waals surface area contributed by atoms with Crippen molar-refractivity contribution >= 4 is 0 Å². The third kappa shape index (κ3) is 2.96. The van der Waals surface area contributed by atoms with Crippen molar-refractivity contribution in [3.63, 3.8) is 0 Å². The Morgan fingerprint density at radius 3 is 2.50 bits per heavy atom. The summed E-state index contributed by atoms with van der Waals surface area (Å²) < 4.78 is 5.88. The summed E-state index contributed by atoms with van der Waals surface area (Å²) in [6, 6.07) is 0. The summed E-state index contributed by atoms with van der Waals surface area (Å²) in [7, 11) is 0. The van der Waals surface area contributed by atoms with Crippen LogP contribution in [0.4, 0.5) is 0 Å². The zero-order valence-corrected chi connectivity index (χ0v) is 8.95. The highest BCUT2D eigenvalue weighted by atomic mass is 16.5. The van der Waals surface area contributed by atoms with Crippen molar-refractivity contribution in [3.8, 4) is 0 Å². The van der Waals surface area contributed by atoms with Gasteiger partial charge in [-0.2, -0.15) is 0 Å². The van der Waals surface area contributed by atoms with Gasteiger partial charge in [-0.15, -0.1) is 0 Å². The average molecular weight is 198 g/mol. The maximum Gasteiger partial charge on any atom is 0.0599 e. The van der Waals surface area contributed by atoms with Gasteiger partial charge in [-0.1, -0.05) is 12.8 Å². The van der Waals surface area contributed by atoms with E-state index in [0.717, 1.165) is 38.2 Å². The molecular formula is C12H22O2. The average Bonchev–Trinajstić information content (AvgIpc) is 2.67. The van der Waals surface area contributed by atoms with Gasteiger partial charge in [0.05, 0.1) is 12.2 Å². The Balaban J connectivity index is 1.64. The van der Waals surface area contributed by atoms with Gasteiger partial charge in [-0.3, -0.25) is 0 Å². The molecule has 0 heterocycles. The van der Waals surface area contributed by atoms with Gasteiger partial charge in [0.25, 0.3) is 0 Å². The van der Waals surface area contributed by atoms with E-state index in [9.17, 15) is 5.11 Å². The van der Waals surface area contributed by atoms with E-state index >= 15 is 0 Å². The van der Waals surface area contributed by atoms with Gasteiger partial charge in [0.1, 0.15) is 0 Å². The fourth-order valence-electron chi connectivity index (χ4n) is 2.72. The van der Waals surface area contributed by atoms with E-state index in [1.54, 1.807) is 0 Å². The molecule has 2 unspecified atom stereocenters. The first-order valence-corrected chi connectivity index (χ1v) is 6.14. The molecule has 82 valence electrons. The lowest BCUT2D eigenvalue weighted by Crippen LogP contribution is -2.27. The van der Waals surface area contributed by atoms with Crippen LogP contribution >= 0.6 is 0 Å². The molecule has 2 nitrogen and oxygen atoms in total. The van der Waals surface area contributed by atoms with E-state index in [1.165, 1.54) is 25.7 Å². The summed E-state index contributed by atoms with van der Waals surface area (Å²) in [5.41, 5.74) is 0. The Labute approximate surface area is 86.6 Å². The Hall–Kier alpha value is -0.0800. The fraction of sp³-hybridized carbons (Fsp3) is 1.00. The van der Waals surface area contributed by atoms with Crippen molar-refractivity contribution in [2.75, 3.05) is 6.61 Å². The minimum absolute atomic E-state index is 0.0997. The second kappa shape index (κ2) is 5.13. The van der Waals surface area contributed by atoms with E-state index in [2.05, 4.69) is 0 Å². The number of hydrogen-bond acceptors (Lipinski definition) is 2. The molecule has 2 heteroatoms. The number of hydrogen-bond donors (Lipinski definition) is 1. The minimum atomic E-state index is -0.0997. The van der Waals surface area contributed by atoms with Crippen LogP contribution in [0.15, 0.2) is 0 Å². The van der Waals surface area contributed by atoms with Gasteiger partial charge < -0.3 is 9.84 Å². The summed E-state index contributed by atoms with van der Waals surface area (Å²) in [5.74, 6) is 0.814. The van der Waals surface area contributed by atoms with Crippen LogP contribution in [0, 0.1) is 5.92 Å². The summed E-state index contributed by atoms with van der Waals surface area (Å²) in [4.78, 5) is 0. The fourth-order valence-corrected chi connectivity index (χ4v) is 2.72. The van der Waals surface area contributed by atoms with Crippen LogP contribution in [0.25, 0.3) is 0 Å². The van der Waals surface area contributed by atoms with Crippen molar-refractivity contribution < 1.29 is 9.84 Å². The van der Waals surface area contributed by atoms with E-state index in [1.807, 2.05) is 0 Å². The lowest BCUT2D eigenvalue weighted by Gasteiger charge is -2.27. The van der Waals surface area contributed by atoms with Crippen molar-refractivity contribution in [3.05, 3.63) is 0 Å². The first-order chi connectivity index (χ1) is 6.84. The number of ether oxygens (including phenoxy) is 1. The molecule has 2 fully saturated rings. The van der Waals surface area contributed by atoms with Gasteiger partial charge in [0.2, 0.25) is 0 Å². The quantitative estimate of drug-likeness (QED) is 0.755. The molecule has 2 aliphatic carbocycles. The van der Waals surface area contributed by atoms with Crippen LogP contribution in [-0.4, -0.2) is 23.9 Å². The maximum absolute atomic E-state index is 9.49. The molecular weight excluding hydrogens is 176 g/mol. The smallest absolute Gasteiger partial charge is 0.0599 e. The Bertz CT molecular complexity index is 164. The van der Waals surface area contributed by atoms with Crippen LogP contribution in [0.5, 0.6) is 0 Å². The minimum Gasteiger partial charge on any atom is -0.393 e. The second-order valence-corrected chi connectivity index (χ2v) is 4.93.